The fourth-order valence-corrected chi connectivity index (χ4v) is 2.67. The molecule has 1 unspecified atom stereocenters. The minimum atomic E-state index is -5.00. The number of aliphatic hydroxyl groups is 1. The molecular formula is C19H15F6N3O3. The van der Waals surface area contributed by atoms with E-state index in [9.17, 15) is 36.2 Å². The zero-order valence-corrected chi connectivity index (χ0v) is 15.5. The van der Waals surface area contributed by atoms with Crippen molar-refractivity contribution in [1.29, 1.82) is 0 Å². The highest BCUT2D eigenvalue weighted by Gasteiger charge is 2.60. The summed E-state index contributed by atoms with van der Waals surface area (Å²) in [6.45, 7) is 0.000535. The molecule has 166 valence electrons. The number of carbonyl (C=O) groups excluding carboxylic acids is 1. The number of hydrogen-bond acceptors (Lipinski definition) is 4. The van der Waals surface area contributed by atoms with Crippen LogP contribution in [0.1, 0.15) is 23.1 Å². The number of halogens is 6. The highest BCUT2D eigenvalue weighted by molar-refractivity contribution is 6.01. The third kappa shape index (κ3) is 5.26. The van der Waals surface area contributed by atoms with E-state index in [1.165, 1.54) is 30.3 Å². The Balaban J connectivity index is 1.55. The van der Waals surface area contributed by atoms with Gasteiger partial charge in [0, 0.05) is 12.2 Å². The molecule has 0 spiro atoms. The van der Waals surface area contributed by atoms with Crippen LogP contribution in [0.25, 0.3) is 0 Å². The van der Waals surface area contributed by atoms with Crippen LogP contribution in [0.3, 0.4) is 0 Å². The first-order valence-corrected chi connectivity index (χ1v) is 8.73. The van der Waals surface area contributed by atoms with Crippen molar-refractivity contribution in [2.24, 2.45) is 5.16 Å². The van der Waals surface area contributed by atoms with Crippen LogP contribution in [0.2, 0.25) is 0 Å². The minimum absolute atomic E-state index is 0.000535. The predicted molar refractivity (Wildman–Crippen MR) is 97.0 cm³/mol. The molecule has 2 aromatic carbocycles. The molecule has 0 saturated heterocycles. The Hall–Kier alpha value is -3.28. The summed E-state index contributed by atoms with van der Waals surface area (Å²) in [6.07, 6.45) is -10.4. The Bertz CT molecular complexity index is 989. The van der Waals surface area contributed by atoms with Crippen molar-refractivity contribution < 1.29 is 41.1 Å². The fourth-order valence-electron chi connectivity index (χ4n) is 2.67. The number of hydrogen-bond donors (Lipinski definition) is 3. The van der Waals surface area contributed by atoms with Crippen molar-refractivity contribution >= 4 is 17.4 Å². The number of urea groups is 1. The molecule has 1 atom stereocenters. The first-order valence-electron chi connectivity index (χ1n) is 8.73. The second-order valence-corrected chi connectivity index (χ2v) is 6.67. The molecule has 0 radical (unpaired) electrons. The molecular weight excluding hydrogens is 432 g/mol. The summed E-state index contributed by atoms with van der Waals surface area (Å²) in [5.74, 6) is -3.37. The van der Waals surface area contributed by atoms with E-state index < -0.39 is 36.2 Å². The van der Waals surface area contributed by atoms with Gasteiger partial charge in [0.05, 0.1) is 17.7 Å². The standard InChI is InChI=1S/C19H15F6N3O3/c20-18(21,22)13-2-1-3-14(8-13)27-16(29)26-10-11-4-6-12(7-5-11)15-9-17(30,31-28-15)19(23,24)25/h1-8,30H,9-10H2,(H2,26,27,29). The van der Waals surface area contributed by atoms with Gasteiger partial charge in [-0.05, 0) is 29.3 Å². The second-order valence-electron chi connectivity index (χ2n) is 6.67. The minimum Gasteiger partial charge on any atom is -0.350 e. The molecule has 1 aliphatic heterocycles. The molecule has 3 rings (SSSR count). The van der Waals surface area contributed by atoms with Gasteiger partial charge < -0.3 is 20.6 Å². The van der Waals surface area contributed by atoms with E-state index >= 15 is 0 Å². The van der Waals surface area contributed by atoms with E-state index in [-0.39, 0.29) is 23.5 Å². The smallest absolute Gasteiger partial charge is 0.350 e. The normalized spacial score (nSPS) is 18.9. The average molecular weight is 447 g/mol. The predicted octanol–water partition coefficient (Wildman–Crippen LogP) is 4.40. The zero-order valence-electron chi connectivity index (χ0n) is 15.5. The lowest BCUT2D eigenvalue weighted by Crippen LogP contribution is -2.45. The number of benzene rings is 2. The summed E-state index contributed by atoms with van der Waals surface area (Å²) in [6, 6.07) is 9.27. The Morgan fingerprint density at radius 3 is 2.35 bits per heavy atom. The average Bonchev–Trinajstić information content (AvgIpc) is 3.10. The van der Waals surface area contributed by atoms with Crippen molar-refractivity contribution in [1.82, 2.24) is 5.32 Å². The van der Waals surface area contributed by atoms with Crippen molar-refractivity contribution in [3.63, 3.8) is 0 Å². The van der Waals surface area contributed by atoms with Gasteiger partial charge in [-0.1, -0.05) is 35.5 Å². The van der Waals surface area contributed by atoms with E-state index in [4.69, 9.17) is 0 Å². The van der Waals surface area contributed by atoms with Gasteiger partial charge in [0.25, 0.3) is 0 Å². The molecule has 0 fully saturated rings. The number of oxime groups is 1. The van der Waals surface area contributed by atoms with Gasteiger partial charge in [0.15, 0.2) is 0 Å². The van der Waals surface area contributed by atoms with Crippen molar-refractivity contribution in [2.45, 2.75) is 31.1 Å². The molecule has 1 aliphatic rings. The van der Waals surface area contributed by atoms with Crippen LogP contribution in [0.15, 0.2) is 53.7 Å². The molecule has 0 saturated carbocycles. The molecule has 0 aliphatic carbocycles. The number of carbonyl (C=O) groups is 1. The van der Waals surface area contributed by atoms with E-state index in [0.29, 0.717) is 5.56 Å². The maximum atomic E-state index is 12.8. The van der Waals surface area contributed by atoms with Crippen molar-refractivity contribution in [3.8, 4) is 0 Å². The van der Waals surface area contributed by atoms with Crippen molar-refractivity contribution in [3.05, 3.63) is 65.2 Å². The van der Waals surface area contributed by atoms with Gasteiger partial charge >= 0.3 is 24.2 Å². The lowest BCUT2D eigenvalue weighted by molar-refractivity contribution is -0.355. The molecule has 2 amide bonds. The van der Waals surface area contributed by atoms with Crippen LogP contribution in [-0.4, -0.2) is 28.8 Å². The number of nitrogens with one attached hydrogen (secondary N) is 2. The van der Waals surface area contributed by atoms with Crippen LogP contribution in [0, 0.1) is 0 Å². The number of amides is 2. The molecule has 31 heavy (non-hydrogen) atoms. The lowest BCUT2D eigenvalue weighted by Gasteiger charge is -2.22. The lowest BCUT2D eigenvalue weighted by atomic mass is 10.0. The van der Waals surface area contributed by atoms with Gasteiger partial charge in [0.1, 0.15) is 0 Å². The van der Waals surface area contributed by atoms with Crippen LogP contribution in [-0.2, 0) is 17.6 Å². The molecule has 1 heterocycles. The maximum absolute atomic E-state index is 12.8. The quantitative estimate of drug-likeness (QED) is 0.608. The Morgan fingerprint density at radius 1 is 1.10 bits per heavy atom. The highest BCUT2D eigenvalue weighted by atomic mass is 19.4. The number of rotatable bonds is 4. The second kappa shape index (κ2) is 8.10. The summed E-state index contributed by atoms with van der Waals surface area (Å²) >= 11 is 0. The number of alkyl halides is 6. The van der Waals surface area contributed by atoms with Crippen LogP contribution >= 0.6 is 0 Å². The van der Waals surface area contributed by atoms with Crippen LogP contribution in [0.5, 0.6) is 0 Å². The number of anilines is 1. The molecule has 6 nitrogen and oxygen atoms in total. The van der Waals surface area contributed by atoms with Gasteiger partial charge in [-0.15, -0.1) is 0 Å². The number of nitrogens with zero attached hydrogens (tertiary/aromatic N) is 1. The van der Waals surface area contributed by atoms with Gasteiger partial charge in [-0.25, -0.2) is 4.79 Å². The van der Waals surface area contributed by atoms with E-state index in [0.717, 1.165) is 18.2 Å². The van der Waals surface area contributed by atoms with Gasteiger partial charge in [-0.2, -0.15) is 26.3 Å². The molecule has 12 heteroatoms. The summed E-state index contributed by atoms with van der Waals surface area (Å²) in [7, 11) is 0. The van der Waals surface area contributed by atoms with E-state index in [1.807, 2.05) is 0 Å². The summed E-state index contributed by atoms with van der Waals surface area (Å²) < 4.78 is 76.4. The third-order valence-electron chi connectivity index (χ3n) is 4.34. The van der Waals surface area contributed by atoms with Crippen molar-refractivity contribution in [2.75, 3.05) is 5.32 Å². The highest BCUT2D eigenvalue weighted by Crippen LogP contribution is 2.39. The zero-order chi connectivity index (χ0) is 22.9. The molecule has 3 N–H and O–H groups in total. The molecule has 0 bridgehead atoms. The Kier molecular flexibility index (Phi) is 5.85. The largest absolute Gasteiger partial charge is 0.458 e. The van der Waals surface area contributed by atoms with E-state index in [1.54, 1.807) is 0 Å². The summed E-state index contributed by atoms with van der Waals surface area (Å²) in [4.78, 5) is 16.1. The Morgan fingerprint density at radius 2 is 1.77 bits per heavy atom. The van der Waals surface area contributed by atoms with Gasteiger partial charge in [0.2, 0.25) is 0 Å². The van der Waals surface area contributed by atoms with Gasteiger partial charge in [-0.3, -0.25) is 0 Å². The third-order valence-corrected chi connectivity index (χ3v) is 4.34. The fraction of sp³-hybridized carbons (Fsp3) is 0.263. The Labute approximate surface area is 171 Å². The maximum Gasteiger partial charge on any atom is 0.458 e. The first kappa shape index (κ1) is 22.4. The SMILES string of the molecule is O=C(NCc1ccc(C2=NOC(O)(C(F)(F)F)C2)cc1)Nc1cccc(C(F)(F)F)c1. The molecule has 2 aromatic rings. The first-order chi connectivity index (χ1) is 14.4. The van der Waals surface area contributed by atoms with Crippen LogP contribution in [0.4, 0.5) is 36.8 Å². The van der Waals surface area contributed by atoms with Crippen LogP contribution < -0.4 is 10.6 Å². The topological polar surface area (TPSA) is 83.0 Å². The monoisotopic (exact) mass is 447 g/mol. The summed E-state index contributed by atoms with van der Waals surface area (Å²) in [5, 5.41) is 17.5. The summed E-state index contributed by atoms with van der Waals surface area (Å²) in [5.41, 5.74) is -0.191. The van der Waals surface area contributed by atoms with E-state index in [2.05, 4.69) is 20.6 Å². The molecule has 0 aromatic heterocycles.